The van der Waals surface area contributed by atoms with Gasteiger partial charge in [-0.3, -0.25) is 9.10 Å². The quantitative estimate of drug-likeness (QED) is 0.672. The highest BCUT2D eigenvalue weighted by atomic mass is 32.2. The normalized spacial score (nSPS) is 13.6. The minimum atomic E-state index is -3.63. The molecule has 2 rings (SSSR count). The van der Waals surface area contributed by atoms with Gasteiger partial charge >= 0.3 is 0 Å². The molecule has 0 spiro atoms. The summed E-state index contributed by atoms with van der Waals surface area (Å²) in [4.78, 5) is 13.0. The predicted octanol–water partition coefficient (Wildman–Crippen LogP) is 3.99. The highest BCUT2D eigenvalue weighted by Crippen LogP contribution is 2.27. The minimum Gasteiger partial charge on any atom is -0.352 e. The zero-order valence-electron chi connectivity index (χ0n) is 18.0. The van der Waals surface area contributed by atoms with E-state index in [1.54, 1.807) is 0 Å². The summed E-state index contributed by atoms with van der Waals surface area (Å²) in [7, 11) is -3.63. The summed E-state index contributed by atoms with van der Waals surface area (Å²) in [6.45, 7) is 7.56. The van der Waals surface area contributed by atoms with Crippen LogP contribution in [0.25, 0.3) is 0 Å². The van der Waals surface area contributed by atoms with Gasteiger partial charge in [0, 0.05) is 6.04 Å². The molecule has 0 saturated carbocycles. The Bertz CT molecular complexity index is 926. The van der Waals surface area contributed by atoms with Crippen LogP contribution in [0.5, 0.6) is 0 Å². The number of carbonyl (C=O) groups excluding carboxylic acids is 1. The van der Waals surface area contributed by atoms with E-state index < -0.39 is 16.1 Å². The van der Waals surface area contributed by atoms with Gasteiger partial charge in [0.2, 0.25) is 15.9 Å². The van der Waals surface area contributed by atoms with E-state index in [0.717, 1.165) is 30.2 Å². The van der Waals surface area contributed by atoms with Gasteiger partial charge in [-0.05, 0) is 62.8 Å². The van der Waals surface area contributed by atoms with Gasteiger partial charge in [-0.2, -0.15) is 0 Å². The summed E-state index contributed by atoms with van der Waals surface area (Å²) in [5.74, 6) is -0.264. The number of amides is 1. The Morgan fingerprint density at radius 3 is 2.34 bits per heavy atom. The molecular formula is C23H32N2O3S. The summed E-state index contributed by atoms with van der Waals surface area (Å²) >= 11 is 0. The van der Waals surface area contributed by atoms with Gasteiger partial charge in [-0.1, -0.05) is 49.4 Å². The third kappa shape index (κ3) is 6.32. The molecule has 2 aromatic carbocycles. The summed E-state index contributed by atoms with van der Waals surface area (Å²) in [6.07, 6.45) is 3.18. The number of anilines is 1. The maximum atomic E-state index is 13.0. The molecule has 0 fully saturated rings. The summed E-state index contributed by atoms with van der Waals surface area (Å²) in [5, 5.41) is 3.01. The first-order valence-electron chi connectivity index (χ1n) is 10.0. The highest BCUT2D eigenvalue weighted by Gasteiger charge is 2.32. The van der Waals surface area contributed by atoms with Crippen LogP contribution in [0.1, 0.15) is 43.4 Å². The Hall–Kier alpha value is -2.34. The van der Waals surface area contributed by atoms with E-state index in [2.05, 4.69) is 17.4 Å². The second-order valence-corrected chi connectivity index (χ2v) is 9.57. The van der Waals surface area contributed by atoms with Crippen molar-refractivity contribution in [1.29, 1.82) is 0 Å². The standard InChI is InChI=1S/C23H32N2O3S/c1-6-21(23(26)24-19(4)14-15-20-10-8-7-9-11-20)25(29(5,27)28)22-16-17(2)12-13-18(22)3/h7-13,16,19,21H,6,14-15H2,1-5H3,(H,24,26)/t19-,21+/m1/s1. The molecule has 6 heteroatoms. The van der Waals surface area contributed by atoms with Gasteiger partial charge in [0.25, 0.3) is 0 Å². The molecule has 0 bridgehead atoms. The Labute approximate surface area is 175 Å². The van der Waals surface area contributed by atoms with Crippen LogP contribution in [0.2, 0.25) is 0 Å². The number of aryl methyl sites for hydroxylation is 3. The van der Waals surface area contributed by atoms with Gasteiger partial charge in [-0.15, -0.1) is 0 Å². The maximum Gasteiger partial charge on any atom is 0.244 e. The number of hydrogen-bond donors (Lipinski definition) is 1. The molecule has 1 amide bonds. The van der Waals surface area contributed by atoms with Crippen LogP contribution in [0.4, 0.5) is 5.69 Å². The van der Waals surface area contributed by atoms with Crippen LogP contribution < -0.4 is 9.62 Å². The van der Waals surface area contributed by atoms with E-state index in [-0.39, 0.29) is 11.9 Å². The van der Waals surface area contributed by atoms with Gasteiger partial charge in [0.1, 0.15) is 6.04 Å². The van der Waals surface area contributed by atoms with Crippen molar-refractivity contribution in [2.75, 3.05) is 10.6 Å². The van der Waals surface area contributed by atoms with E-state index in [0.29, 0.717) is 12.1 Å². The molecular weight excluding hydrogens is 384 g/mol. The number of carbonyl (C=O) groups is 1. The number of sulfonamides is 1. The smallest absolute Gasteiger partial charge is 0.244 e. The lowest BCUT2D eigenvalue weighted by molar-refractivity contribution is -0.122. The molecule has 0 aliphatic heterocycles. The lowest BCUT2D eigenvalue weighted by atomic mass is 10.1. The van der Waals surface area contributed by atoms with Gasteiger partial charge < -0.3 is 5.32 Å². The predicted molar refractivity (Wildman–Crippen MR) is 120 cm³/mol. The number of nitrogens with zero attached hydrogens (tertiary/aromatic N) is 1. The molecule has 0 aliphatic carbocycles. The van der Waals surface area contributed by atoms with Crippen molar-refractivity contribution in [2.45, 2.75) is 59.0 Å². The van der Waals surface area contributed by atoms with Crippen LogP contribution in [-0.2, 0) is 21.2 Å². The highest BCUT2D eigenvalue weighted by molar-refractivity contribution is 7.92. The fourth-order valence-electron chi connectivity index (χ4n) is 3.43. The molecule has 0 unspecified atom stereocenters. The molecule has 0 radical (unpaired) electrons. The molecule has 29 heavy (non-hydrogen) atoms. The summed E-state index contributed by atoms with van der Waals surface area (Å²) in [5.41, 5.74) is 3.55. The molecule has 0 aromatic heterocycles. The number of benzene rings is 2. The first-order valence-corrected chi connectivity index (χ1v) is 11.9. The molecule has 158 valence electrons. The Kier molecular flexibility index (Phi) is 7.85. The van der Waals surface area contributed by atoms with E-state index in [9.17, 15) is 13.2 Å². The van der Waals surface area contributed by atoms with Crippen LogP contribution in [0.15, 0.2) is 48.5 Å². The van der Waals surface area contributed by atoms with Crippen molar-refractivity contribution in [3.8, 4) is 0 Å². The van der Waals surface area contributed by atoms with Crippen LogP contribution in [-0.4, -0.2) is 32.7 Å². The average Bonchev–Trinajstić information content (AvgIpc) is 2.66. The second-order valence-electron chi connectivity index (χ2n) is 7.71. The zero-order chi connectivity index (χ0) is 21.6. The molecule has 5 nitrogen and oxygen atoms in total. The second kappa shape index (κ2) is 9.92. The Morgan fingerprint density at radius 1 is 1.10 bits per heavy atom. The van der Waals surface area contributed by atoms with Crippen LogP contribution in [0.3, 0.4) is 0 Å². The van der Waals surface area contributed by atoms with Crippen LogP contribution >= 0.6 is 0 Å². The Balaban J connectivity index is 2.19. The largest absolute Gasteiger partial charge is 0.352 e. The zero-order valence-corrected chi connectivity index (χ0v) is 18.8. The molecule has 2 atom stereocenters. The summed E-state index contributed by atoms with van der Waals surface area (Å²) in [6, 6.07) is 14.9. The maximum absolute atomic E-state index is 13.0. The SMILES string of the molecule is CC[C@@H](C(=O)N[C@H](C)CCc1ccccc1)N(c1cc(C)ccc1C)S(C)(=O)=O. The number of nitrogens with one attached hydrogen (secondary N) is 1. The summed E-state index contributed by atoms with van der Waals surface area (Å²) < 4.78 is 26.6. The number of hydrogen-bond acceptors (Lipinski definition) is 3. The van der Waals surface area contributed by atoms with Crippen molar-refractivity contribution >= 4 is 21.6 Å². The topological polar surface area (TPSA) is 66.5 Å². The van der Waals surface area contributed by atoms with Crippen LogP contribution in [0, 0.1) is 13.8 Å². The van der Waals surface area contributed by atoms with Gasteiger partial charge in [-0.25, -0.2) is 8.42 Å². The van der Waals surface area contributed by atoms with E-state index >= 15 is 0 Å². The number of rotatable bonds is 9. The fourth-order valence-corrected chi connectivity index (χ4v) is 4.69. The van der Waals surface area contributed by atoms with Crippen molar-refractivity contribution in [2.24, 2.45) is 0 Å². The Morgan fingerprint density at radius 2 is 1.76 bits per heavy atom. The van der Waals surface area contributed by atoms with Gasteiger partial charge in [0.05, 0.1) is 11.9 Å². The molecule has 0 aliphatic rings. The van der Waals surface area contributed by atoms with Gasteiger partial charge in [0.15, 0.2) is 0 Å². The van der Waals surface area contributed by atoms with Crippen molar-refractivity contribution in [1.82, 2.24) is 5.32 Å². The van der Waals surface area contributed by atoms with Crippen molar-refractivity contribution < 1.29 is 13.2 Å². The van der Waals surface area contributed by atoms with E-state index in [1.807, 2.05) is 64.1 Å². The van der Waals surface area contributed by atoms with E-state index in [4.69, 9.17) is 0 Å². The molecule has 0 saturated heterocycles. The third-order valence-electron chi connectivity index (χ3n) is 5.03. The third-order valence-corrected chi connectivity index (χ3v) is 6.20. The monoisotopic (exact) mass is 416 g/mol. The molecule has 2 aromatic rings. The van der Waals surface area contributed by atoms with Crippen molar-refractivity contribution in [3.05, 3.63) is 65.2 Å². The molecule has 0 heterocycles. The van der Waals surface area contributed by atoms with Crippen molar-refractivity contribution in [3.63, 3.8) is 0 Å². The first-order chi connectivity index (χ1) is 13.6. The first kappa shape index (κ1) is 22.9. The molecule has 1 N–H and O–H groups in total. The average molecular weight is 417 g/mol. The minimum absolute atomic E-state index is 0.0585. The fraction of sp³-hybridized carbons (Fsp3) is 0.435. The lowest BCUT2D eigenvalue weighted by Crippen LogP contribution is -2.51. The lowest BCUT2D eigenvalue weighted by Gasteiger charge is -2.32. The van der Waals surface area contributed by atoms with E-state index in [1.165, 1.54) is 9.87 Å².